The Labute approximate surface area is 92.1 Å². The first-order valence-corrected chi connectivity index (χ1v) is 5.36. The quantitative estimate of drug-likeness (QED) is 0.500. The zero-order chi connectivity index (χ0) is 10.9. The molecule has 0 aliphatic heterocycles. The highest BCUT2D eigenvalue weighted by atomic mass is 16.5. The minimum absolute atomic E-state index is 0.605. The number of allylic oxidation sites excluding steroid dienone is 1. The Morgan fingerprint density at radius 3 is 2.67 bits per heavy atom. The SMILES string of the molecule is C=C(OC/C=C/CCC)c1ccccc1. The van der Waals surface area contributed by atoms with Crippen LogP contribution in [0.3, 0.4) is 0 Å². The van der Waals surface area contributed by atoms with Crippen LogP contribution in [0.5, 0.6) is 0 Å². The number of hydrogen-bond acceptors (Lipinski definition) is 1. The van der Waals surface area contributed by atoms with E-state index in [4.69, 9.17) is 4.74 Å². The van der Waals surface area contributed by atoms with Crippen molar-refractivity contribution in [3.63, 3.8) is 0 Å². The first-order valence-electron chi connectivity index (χ1n) is 5.36. The van der Waals surface area contributed by atoms with Crippen molar-refractivity contribution < 1.29 is 4.74 Å². The molecular formula is C14H18O. The highest BCUT2D eigenvalue weighted by molar-refractivity contribution is 5.56. The van der Waals surface area contributed by atoms with Crippen LogP contribution in [0.25, 0.3) is 5.76 Å². The third kappa shape index (κ3) is 4.50. The summed E-state index contributed by atoms with van der Waals surface area (Å²) in [5.41, 5.74) is 1.04. The molecule has 0 bridgehead atoms. The zero-order valence-corrected chi connectivity index (χ0v) is 9.28. The normalized spacial score (nSPS) is 10.5. The number of rotatable bonds is 6. The van der Waals surface area contributed by atoms with E-state index in [-0.39, 0.29) is 0 Å². The summed E-state index contributed by atoms with van der Waals surface area (Å²) >= 11 is 0. The van der Waals surface area contributed by atoms with Gasteiger partial charge in [-0.15, -0.1) is 0 Å². The fourth-order valence-electron chi connectivity index (χ4n) is 1.21. The summed E-state index contributed by atoms with van der Waals surface area (Å²) in [5, 5.41) is 0. The Morgan fingerprint density at radius 2 is 2.00 bits per heavy atom. The lowest BCUT2D eigenvalue weighted by molar-refractivity contribution is 0.320. The van der Waals surface area contributed by atoms with Crippen molar-refractivity contribution in [2.24, 2.45) is 0 Å². The van der Waals surface area contributed by atoms with Crippen LogP contribution in [-0.4, -0.2) is 6.61 Å². The van der Waals surface area contributed by atoms with Gasteiger partial charge in [-0.2, -0.15) is 0 Å². The van der Waals surface area contributed by atoms with E-state index in [0.29, 0.717) is 6.61 Å². The number of benzene rings is 1. The lowest BCUT2D eigenvalue weighted by Gasteiger charge is -2.06. The zero-order valence-electron chi connectivity index (χ0n) is 9.28. The molecule has 1 aromatic carbocycles. The summed E-state index contributed by atoms with van der Waals surface area (Å²) < 4.78 is 5.49. The van der Waals surface area contributed by atoms with Gasteiger partial charge in [-0.3, -0.25) is 0 Å². The monoisotopic (exact) mass is 202 g/mol. The second kappa shape index (κ2) is 6.88. The van der Waals surface area contributed by atoms with Crippen molar-refractivity contribution in [3.8, 4) is 0 Å². The average molecular weight is 202 g/mol. The Hall–Kier alpha value is -1.50. The van der Waals surface area contributed by atoms with Gasteiger partial charge in [-0.05, 0) is 6.42 Å². The maximum Gasteiger partial charge on any atom is 0.119 e. The van der Waals surface area contributed by atoms with E-state index in [1.54, 1.807) is 0 Å². The molecule has 0 spiro atoms. The molecule has 0 radical (unpaired) electrons. The second-order valence-corrected chi connectivity index (χ2v) is 3.36. The van der Waals surface area contributed by atoms with Crippen LogP contribution in [0, 0.1) is 0 Å². The Bertz CT molecular complexity index is 311. The molecule has 15 heavy (non-hydrogen) atoms. The summed E-state index contributed by atoms with van der Waals surface area (Å²) in [6.07, 6.45) is 6.47. The van der Waals surface area contributed by atoms with Crippen LogP contribution < -0.4 is 0 Å². The molecule has 0 saturated heterocycles. The molecular weight excluding hydrogens is 184 g/mol. The number of hydrogen-bond donors (Lipinski definition) is 0. The molecule has 0 aliphatic rings. The Morgan fingerprint density at radius 1 is 1.27 bits per heavy atom. The lowest BCUT2D eigenvalue weighted by atomic mass is 10.2. The van der Waals surface area contributed by atoms with Crippen molar-refractivity contribution in [1.29, 1.82) is 0 Å². The molecule has 1 rings (SSSR count). The predicted octanol–water partition coefficient (Wildman–Crippen LogP) is 4.03. The summed E-state index contributed by atoms with van der Waals surface area (Å²) in [7, 11) is 0. The van der Waals surface area contributed by atoms with E-state index in [0.717, 1.165) is 17.7 Å². The van der Waals surface area contributed by atoms with Gasteiger partial charge in [0.05, 0.1) is 0 Å². The molecule has 0 heterocycles. The van der Waals surface area contributed by atoms with Crippen LogP contribution >= 0.6 is 0 Å². The van der Waals surface area contributed by atoms with Gasteiger partial charge in [0.25, 0.3) is 0 Å². The van der Waals surface area contributed by atoms with E-state index >= 15 is 0 Å². The summed E-state index contributed by atoms with van der Waals surface area (Å²) in [6.45, 7) is 6.65. The molecule has 0 amide bonds. The van der Waals surface area contributed by atoms with Crippen LogP contribution in [0.4, 0.5) is 0 Å². The summed E-state index contributed by atoms with van der Waals surface area (Å²) in [4.78, 5) is 0. The third-order valence-electron chi connectivity index (χ3n) is 2.07. The predicted molar refractivity (Wildman–Crippen MR) is 65.5 cm³/mol. The molecule has 0 aliphatic carbocycles. The van der Waals surface area contributed by atoms with E-state index < -0.39 is 0 Å². The first-order chi connectivity index (χ1) is 7.34. The maximum absolute atomic E-state index is 5.49. The molecule has 1 aromatic rings. The van der Waals surface area contributed by atoms with Crippen LogP contribution in [0.1, 0.15) is 25.3 Å². The molecule has 0 saturated carbocycles. The van der Waals surface area contributed by atoms with Gasteiger partial charge >= 0.3 is 0 Å². The van der Waals surface area contributed by atoms with Crippen molar-refractivity contribution in [2.75, 3.05) is 6.61 Å². The molecule has 0 fully saturated rings. The van der Waals surface area contributed by atoms with Gasteiger partial charge in [0.15, 0.2) is 0 Å². The van der Waals surface area contributed by atoms with Gasteiger partial charge in [0, 0.05) is 5.56 Å². The van der Waals surface area contributed by atoms with Gasteiger partial charge in [0.2, 0.25) is 0 Å². The highest BCUT2D eigenvalue weighted by Crippen LogP contribution is 2.12. The summed E-state index contributed by atoms with van der Waals surface area (Å²) in [5.74, 6) is 0.733. The van der Waals surface area contributed by atoms with E-state index in [1.807, 2.05) is 36.4 Å². The van der Waals surface area contributed by atoms with E-state index in [1.165, 1.54) is 6.42 Å². The average Bonchev–Trinajstić information content (AvgIpc) is 2.30. The second-order valence-electron chi connectivity index (χ2n) is 3.36. The largest absolute Gasteiger partial charge is 0.490 e. The van der Waals surface area contributed by atoms with Crippen molar-refractivity contribution in [1.82, 2.24) is 0 Å². The van der Waals surface area contributed by atoms with Gasteiger partial charge in [0.1, 0.15) is 12.4 Å². The number of ether oxygens (including phenoxy) is 1. The standard InChI is InChI=1S/C14H18O/c1-3-4-5-9-12-15-13(2)14-10-7-6-8-11-14/h5-11H,2-4,12H2,1H3/b9-5+. The summed E-state index contributed by atoms with van der Waals surface area (Å²) in [6, 6.07) is 9.95. The topological polar surface area (TPSA) is 9.23 Å². The van der Waals surface area contributed by atoms with Gasteiger partial charge < -0.3 is 4.74 Å². The fourth-order valence-corrected chi connectivity index (χ4v) is 1.21. The minimum Gasteiger partial charge on any atom is -0.490 e. The van der Waals surface area contributed by atoms with Crippen molar-refractivity contribution >= 4 is 5.76 Å². The molecule has 1 nitrogen and oxygen atoms in total. The van der Waals surface area contributed by atoms with E-state index in [2.05, 4.69) is 19.6 Å². The molecule has 1 heteroatoms. The molecule has 80 valence electrons. The van der Waals surface area contributed by atoms with E-state index in [9.17, 15) is 0 Å². The van der Waals surface area contributed by atoms with Crippen LogP contribution in [0.15, 0.2) is 49.1 Å². The van der Waals surface area contributed by atoms with Crippen molar-refractivity contribution in [2.45, 2.75) is 19.8 Å². The number of unbranched alkanes of at least 4 members (excludes halogenated alkanes) is 1. The molecule has 0 atom stereocenters. The fraction of sp³-hybridized carbons (Fsp3) is 0.286. The first kappa shape index (κ1) is 11.6. The smallest absolute Gasteiger partial charge is 0.119 e. The highest BCUT2D eigenvalue weighted by Gasteiger charge is 1.95. The third-order valence-corrected chi connectivity index (χ3v) is 2.07. The van der Waals surface area contributed by atoms with Gasteiger partial charge in [-0.25, -0.2) is 0 Å². The Kier molecular flexibility index (Phi) is 5.31. The van der Waals surface area contributed by atoms with Crippen LogP contribution in [-0.2, 0) is 4.74 Å². The Balaban J connectivity index is 2.31. The van der Waals surface area contributed by atoms with Crippen molar-refractivity contribution in [3.05, 3.63) is 54.6 Å². The molecule has 0 aromatic heterocycles. The van der Waals surface area contributed by atoms with Gasteiger partial charge in [-0.1, -0.05) is 62.4 Å². The minimum atomic E-state index is 0.605. The van der Waals surface area contributed by atoms with Crippen LogP contribution in [0.2, 0.25) is 0 Å². The molecule has 0 N–H and O–H groups in total. The maximum atomic E-state index is 5.49. The molecule has 0 unspecified atom stereocenters. The lowest BCUT2D eigenvalue weighted by Crippen LogP contribution is -1.90.